The summed E-state index contributed by atoms with van der Waals surface area (Å²) < 4.78 is 43.1. The fourth-order valence-electron chi connectivity index (χ4n) is 4.19. The number of benzene rings is 1. The molecular formula is C23H27F3N6O2. The summed E-state index contributed by atoms with van der Waals surface area (Å²) in [6.45, 7) is 5.46. The van der Waals surface area contributed by atoms with E-state index in [0.29, 0.717) is 25.6 Å². The second kappa shape index (κ2) is 8.79. The largest absolute Gasteiger partial charge is 0.416 e. The number of piperidine rings is 1. The average molecular weight is 477 g/mol. The molecule has 1 atom stereocenters. The maximum atomic E-state index is 13.2. The summed E-state index contributed by atoms with van der Waals surface area (Å²) in [6, 6.07) is 4.18. The molecule has 0 bridgehead atoms. The number of aromatic nitrogens is 4. The monoisotopic (exact) mass is 476 g/mol. The van der Waals surface area contributed by atoms with E-state index in [0.717, 1.165) is 35.1 Å². The lowest BCUT2D eigenvalue weighted by Crippen LogP contribution is -2.44. The third-order valence-electron chi connectivity index (χ3n) is 6.00. The molecule has 1 aromatic carbocycles. The number of anilines is 1. The number of fused-ring (bicyclic) bond motifs is 1. The van der Waals surface area contributed by atoms with E-state index >= 15 is 0 Å². The van der Waals surface area contributed by atoms with E-state index in [-0.39, 0.29) is 22.9 Å². The first kappa shape index (κ1) is 23.8. The molecule has 2 aromatic heterocycles. The first-order chi connectivity index (χ1) is 16.0. The number of halogens is 3. The van der Waals surface area contributed by atoms with Crippen molar-refractivity contribution in [2.45, 2.75) is 45.5 Å². The Morgan fingerprint density at radius 3 is 2.47 bits per heavy atom. The molecule has 1 aliphatic heterocycles. The standard InChI is InChI=1S/C23H27F3N6O2/c1-14(2)10-12-31-18-19(28-21(31)30-11-4-5-16(27)13-30)32(22(34)29(3)20(18)33)17-8-6-15(7-9-17)23(24,25)26/h6-10,16H,4-5,11-13,27H2,1-3H3. The third-order valence-corrected chi connectivity index (χ3v) is 6.00. The first-order valence-electron chi connectivity index (χ1n) is 11.0. The van der Waals surface area contributed by atoms with Crippen molar-refractivity contribution in [1.29, 1.82) is 0 Å². The van der Waals surface area contributed by atoms with Crippen LogP contribution in [0.5, 0.6) is 0 Å². The van der Waals surface area contributed by atoms with E-state index in [4.69, 9.17) is 10.7 Å². The lowest BCUT2D eigenvalue weighted by atomic mass is 10.1. The van der Waals surface area contributed by atoms with Gasteiger partial charge in [-0.1, -0.05) is 11.6 Å². The Morgan fingerprint density at radius 2 is 1.88 bits per heavy atom. The number of rotatable bonds is 4. The van der Waals surface area contributed by atoms with E-state index < -0.39 is 23.0 Å². The number of hydrogen-bond acceptors (Lipinski definition) is 5. The SMILES string of the molecule is CC(C)=CCn1c(N2CCCC(N)C2)nc2c1c(=O)n(C)c(=O)n2-c1ccc(C(F)(F)F)cc1. The summed E-state index contributed by atoms with van der Waals surface area (Å²) in [7, 11) is 1.35. The van der Waals surface area contributed by atoms with Crippen molar-refractivity contribution in [3.8, 4) is 5.69 Å². The molecule has 1 fully saturated rings. The molecular weight excluding hydrogens is 449 g/mol. The molecule has 11 heteroatoms. The smallest absolute Gasteiger partial charge is 0.341 e. The number of nitrogens with zero attached hydrogens (tertiary/aromatic N) is 5. The second-order valence-corrected chi connectivity index (χ2v) is 8.85. The van der Waals surface area contributed by atoms with Crippen LogP contribution in [0, 0.1) is 0 Å². The molecule has 1 aliphatic rings. The molecule has 3 aromatic rings. The van der Waals surface area contributed by atoms with Gasteiger partial charge in [-0.25, -0.2) is 9.36 Å². The minimum atomic E-state index is -4.51. The van der Waals surface area contributed by atoms with Gasteiger partial charge in [-0.2, -0.15) is 18.2 Å². The topological polar surface area (TPSA) is 91.1 Å². The van der Waals surface area contributed by atoms with Crippen LogP contribution in [-0.2, 0) is 19.8 Å². The molecule has 182 valence electrons. The maximum Gasteiger partial charge on any atom is 0.416 e. The third kappa shape index (κ3) is 4.27. The Labute approximate surface area is 193 Å². The summed E-state index contributed by atoms with van der Waals surface area (Å²) in [6.07, 6.45) is -0.824. The van der Waals surface area contributed by atoms with E-state index in [1.165, 1.54) is 23.7 Å². The van der Waals surface area contributed by atoms with E-state index in [9.17, 15) is 22.8 Å². The van der Waals surface area contributed by atoms with Crippen LogP contribution in [0.2, 0.25) is 0 Å². The Bertz CT molecular complexity index is 1360. The van der Waals surface area contributed by atoms with Crippen LogP contribution in [0.25, 0.3) is 16.9 Å². The molecule has 4 rings (SSSR count). The summed E-state index contributed by atoms with van der Waals surface area (Å²) >= 11 is 0. The quantitative estimate of drug-likeness (QED) is 0.585. The van der Waals surface area contributed by atoms with E-state index in [1.54, 1.807) is 4.57 Å². The minimum absolute atomic E-state index is 0.0506. The van der Waals surface area contributed by atoms with Crippen LogP contribution >= 0.6 is 0 Å². The number of alkyl halides is 3. The van der Waals surface area contributed by atoms with Gasteiger partial charge in [0.2, 0.25) is 5.95 Å². The van der Waals surface area contributed by atoms with E-state index in [2.05, 4.69) is 0 Å². The molecule has 8 nitrogen and oxygen atoms in total. The highest BCUT2D eigenvalue weighted by molar-refractivity contribution is 5.76. The van der Waals surface area contributed by atoms with Gasteiger partial charge >= 0.3 is 11.9 Å². The van der Waals surface area contributed by atoms with Gasteiger partial charge in [0, 0.05) is 32.7 Å². The number of hydrogen-bond donors (Lipinski definition) is 1. The Balaban J connectivity index is 2.01. The van der Waals surface area contributed by atoms with Crippen molar-refractivity contribution >= 4 is 17.1 Å². The molecule has 1 unspecified atom stereocenters. The highest BCUT2D eigenvalue weighted by Gasteiger charge is 2.31. The van der Waals surface area contributed by atoms with Crippen molar-refractivity contribution in [3.63, 3.8) is 0 Å². The molecule has 34 heavy (non-hydrogen) atoms. The fraction of sp³-hybridized carbons (Fsp3) is 0.435. The number of nitrogens with two attached hydrogens (primary N) is 1. The highest BCUT2D eigenvalue weighted by atomic mass is 19.4. The van der Waals surface area contributed by atoms with Gasteiger partial charge in [0.05, 0.1) is 11.3 Å². The summed E-state index contributed by atoms with van der Waals surface area (Å²) in [5.41, 5.74) is 5.66. The number of imidazole rings is 1. The lowest BCUT2D eigenvalue weighted by Gasteiger charge is -2.31. The zero-order valence-corrected chi connectivity index (χ0v) is 19.3. The van der Waals surface area contributed by atoms with Crippen LogP contribution in [0.3, 0.4) is 0 Å². The van der Waals surface area contributed by atoms with Crippen molar-refractivity contribution < 1.29 is 13.2 Å². The zero-order chi connectivity index (χ0) is 24.8. The first-order valence-corrected chi connectivity index (χ1v) is 11.0. The van der Waals surface area contributed by atoms with Crippen molar-refractivity contribution in [2.75, 3.05) is 18.0 Å². The van der Waals surface area contributed by atoms with Gasteiger partial charge in [0.15, 0.2) is 11.2 Å². The Kier molecular flexibility index (Phi) is 6.15. The van der Waals surface area contributed by atoms with Crippen LogP contribution < -0.4 is 21.9 Å². The summed E-state index contributed by atoms with van der Waals surface area (Å²) in [5.74, 6) is 0.506. The average Bonchev–Trinajstić information content (AvgIpc) is 3.15. The summed E-state index contributed by atoms with van der Waals surface area (Å²) in [5, 5.41) is 0. The van der Waals surface area contributed by atoms with Crippen LogP contribution in [0.4, 0.5) is 19.1 Å². The maximum absolute atomic E-state index is 13.2. The van der Waals surface area contributed by atoms with Gasteiger partial charge in [-0.3, -0.25) is 9.36 Å². The predicted molar refractivity (Wildman–Crippen MR) is 124 cm³/mol. The van der Waals surface area contributed by atoms with Crippen molar-refractivity contribution in [2.24, 2.45) is 12.8 Å². The van der Waals surface area contributed by atoms with Gasteiger partial charge in [-0.05, 0) is 51.0 Å². The van der Waals surface area contributed by atoms with Gasteiger partial charge in [0.1, 0.15) is 0 Å². The molecule has 1 saturated heterocycles. The second-order valence-electron chi connectivity index (χ2n) is 8.85. The van der Waals surface area contributed by atoms with Gasteiger partial charge in [-0.15, -0.1) is 0 Å². The molecule has 3 heterocycles. The normalized spacial score (nSPS) is 16.8. The molecule has 0 spiro atoms. The lowest BCUT2D eigenvalue weighted by molar-refractivity contribution is -0.137. The van der Waals surface area contributed by atoms with Crippen LogP contribution in [-0.4, -0.2) is 37.8 Å². The zero-order valence-electron chi connectivity index (χ0n) is 19.3. The van der Waals surface area contributed by atoms with Crippen LogP contribution in [0.15, 0.2) is 45.5 Å². The van der Waals surface area contributed by atoms with Crippen molar-refractivity contribution in [1.82, 2.24) is 18.7 Å². The number of allylic oxidation sites excluding steroid dienone is 2. The molecule has 0 amide bonds. The Hall–Kier alpha value is -3.34. The predicted octanol–water partition coefficient (Wildman–Crippen LogP) is 2.80. The van der Waals surface area contributed by atoms with Crippen LogP contribution in [0.1, 0.15) is 32.3 Å². The van der Waals surface area contributed by atoms with Gasteiger partial charge in [0.25, 0.3) is 5.56 Å². The molecule has 2 N–H and O–H groups in total. The Morgan fingerprint density at radius 1 is 1.21 bits per heavy atom. The molecule has 0 saturated carbocycles. The summed E-state index contributed by atoms with van der Waals surface area (Å²) in [4.78, 5) is 33.0. The van der Waals surface area contributed by atoms with E-state index in [1.807, 2.05) is 24.8 Å². The van der Waals surface area contributed by atoms with Gasteiger partial charge < -0.3 is 15.2 Å². The van der Waals surface area contributed by atoms with Crippen molar-refractivity contribution in [3.05, 3.63) is 62.3 Å². The highest BCUT2D eigenvalue weighted by Crippen LogP contribution is 2.30. The minimum Gasteiger partial charge on any atom is -0.341 e. The fourth-order valence-corrected chi connectivity index (χ4v) is 4.19. The molecule has 0 aliphatic carbocycles. The molecule has 0 radical (unpaired) electrons.